The molecule has 0 aliphatic heterocycles. The molecule has 1 aromatic heterocycles. The number of imidazole rings is 1. The fraction of sp³-hybridized carbons (Fsp3) is 0.353. The van der Waals surface area contributed by atoms with Crippen molar-refractivity contribution in [3.8, 4) is 0 Å². The number of benzene rings is 1. The Kier molecular flexibility index (Phi) is 5.33. The van der Waals surface area contributed by atoms with Gasteiger partial charge in [-0.2, -0.15) is 0 Å². The highest BCUT2D eigenvalue weighted by molar-refractivity contribution is 6.04. The lowest BCUT2D eigenvalue weighted by atomic mass is 9.97. The third kappa shape index (κ3) is 4.65. The summed E-state index contributed by atoms with van der Waals surface area (Å²) in [7, 11) is 0. The zero-order chi connectivity index (χ0) is 17.7. The van der Waals surface area contributed by atoms with Crippen molar-refractivity contribution < 1.29 is 14.0 Å². The van der Waals surface area contributed by atoms with E-state index in [-0.39, 0.29) is 23.3 Å². The van der Waals surface area contributed by atoms with Crippen LogP contribution in [0.3, 0.4) is 0 Å². The largest absolute Gasteiger partial charge is 0.350 e. The predicted octanol–water partition coefficient (Wildman–Crippen LogP) is 2.25. The van der Waals surface area contributed by atoms with Gasteiger partial charge >= 0.3 is 0 Å². The number of carbonyl (C=O) groups is 2. The third-order valence-corrected chi connectivity index (χ3v) is 3.26. The first-order valence-corrected chi connectivity index (χ1v) is 7.61. The number of rotatable bonds is 5. The number of hydrogen-bond donors (Lipinski definition) is 3. The monoisotopic (exact) mass is 332 g/mol. The minimum absolute atomic E-state index is 0.0188. The van der Waals surface area contributed by atoms with Crippen molar-refractivity contribution in [2.24, 2.45) is 5.41 Å². The summed E-state index contributed by atoms with van der Waals surface area (Å²) in [5.74, 6) is -1.34. The highest BCUT2D eigenvalue weighted by Crippen LogP contribution is 2.11. The molecule has 6 nitrogen and oxygen atoms in total. The van der Waals surface area contributed by atoms with Crippen LogP contribution in [0.5, 0.6) is 0 Å². The van der Waals surface area contributed by atoms with Crippen LogP contribution >= 0.6 is 0 Å². The molecule has 2 aromatic rings. The average molecular weight is 332 g/mol. The molecule has 0 atom stereocenters. The maximum absolute atomic E-state index is 13.6. The Labute approximate surface area is 139 Å². The van der Waals surface area contributed by atoms with Crippen LogP contribution in [0.15, 0.2) is 30.6 Å². The molecule has 0 saturated heterocycles. The number of nitrogens with zero attached hydrogens (tertiary/aromatic N) is 1. The van der Waals surface area contributed by atoms with Gasteiger partial charge in [-0.05, 0) is 11.5 Å². The van der Waals surface area contributed by atoms with Gasteiger partial charge in [-0.1, -0.05) is 39.0 Å². The zero-order valence-corrected chi connectivity index (χ0v) is 13.9. The number of amides is 2. The van der Waals surface area contributed by atoms with Crippen LogP contribution in [-0.4, -0.2) is 28.3 Å². The number of carbonyl (C=O) groups excluding carboxylic acids is 2. The molecule has 2 amide bonds. The smallest absolute Gasteiger partial charge is 0.272 e. The Morgan fingerprint density at radius 2 is 1.88 bits per heavy atom. The summed E-state index contributed by atoms with van der Waals surface area (Å²) in [5, 5.41) is 5.32. The number of halogens is 1. The predicted molar refractivity (Wildman–Crippen MR) is 87.9 cm³/mol. The van der Waals surface area contributed by atoms with Gasteiger partial charge in [0.2, 0.25) is 0 Å². The summed E-state index contributed by atoms with van der Waals surface area (Å²) < 4.78 is 13.6. The van der Waals surface area contributed by atoms with Crippen LogP contribution in [0.25, 0.3) is 0 Å². The van der Waals surface area contributed by atoms with E-state index < -0.39 is 17.6 Å². The van der Waals surface area contributed by atoms with Crippen molar-refractivity contribution in [1.29, 1.82) is 0 Å². The van der Waals surface area contributed by atoms with Crippen molar-refractivity contribution in [3.63, 3.8) is 0 Å². The zero-order valence-electron chi connectivity index (χ0n) is 13.9. The van der Waals surface area contributed by atoms with Crippen molar-refractivity contribution >= 4 is 11.8 Å². The van der Waals surface area contributed by atoms with Gasteiger partial charge < -0.3 is 15.6 Å². The minimum Gasteiger partial charge on any atom is -0.350 e. The van der Waals surface area contributed by atoms with Gasteiger partial charge in [-0.3, -0.25) is 9.59 Å². The van der Waals surface area contributed by atoms with E-state index in [1.165, 1.54) is 12.4 Å². The molecule has 1 heterocycles. The molecule has 0 spiro atoms. The molecule has 0 saturated carbocycles. The first-order valence-electron chi connectivity index (χ1n) is 7.61. The van der Waals surface area contributed by atoms with Gasteiger partial charge in [0.05, 0.1) is 6.33 Å². The maximum atomic E-state index is 13.6. The molecule has 0 bridgehead atoms. The van der Waals surface area contributed by atoms with Crippen molar-refractivity contribution in [1.82, 2.24) is 20.6 Å². The van der Waals surface area contributed by atoms with Gasteiger partial charge in [0.1, 0.15) is 11.5 Å². The lowest BCUT2D eigenvalue weighted by Gasteiger charge is -2.18. The maximum Gasteiger partial charge on any atom is 0.272 e. The van der Waals surface area contributed by atoms with Crippen molar-refractivity contribution in [3.05, 3.63) is 53.4 Å². The Hall–Kier alpha value is -2.70. The van der Waals surface area contributed by atoms with Crippen LogP contribution in [0.4, 0.5) is 4.39 Å². The lowest BCUT2D eigenvalue weighted by molar-refractivity contribution is 0.0905. The number of hydrogen-bond acceptors (Lipinski definition) is 3. The van der Waals surface area contributed by atoms with E-state index >= 15 is 0 Å². The highest BCUT2D eigenvalue weighted by atomic mass is 19.1. The van der Waals surface area contributed by atoms with Crippen LogP contribution < -0.4 is 10.6 Å². The highest BCUT2D eigenvalue weighted by Gasteiger charge is 2.21. The molecular weight excluding hydrogens is 311 g/mol. The first kappa shape index (κ1) is 17.7. The molecule has 7 heteroatoms. The van der Waals surface area contributed by atoms with E-state index in [4.69, 9.17) is 0 Å². The first-order chi connectivity index (χ1) is 11.3. The Morgan fingerprint density at radius 3 is 2.54 bits per heavy atom. The molecule has 0 unspecified atom stereocenters. The molecule has 2 rings (SSSR count). The van der Waals surface area contributed by atoms with E-state index in [9.17, 15) is 14.0 Å². The van der Waals surface area contributed by atoms with Gasteiger partial charge in [0.25, 0.3) is 11.8 Å². The van der Waals surface area contributed by atoms with E-state index in [1.54, 1.807) is 18.2 Å². The van der Waals surface area contributed by atoms with Gasteiger partial charge in [0, 0.05) is 18.7 Å². The Morgan fingerprint density at radius 1 is 1.17 bits per heavy atom. The van der Waals surface area contributed by atoms with E-state index in [1.807, 2.05) is 20.8 Å². The van der Waals surface area contributed by atoms with E-state index in [2.05, 4.69) is 20.6 Å². The standard InChI is InChI=1S/C17H21FN4O2/c1-17(2,3)9-20-16(24)14-13(21-10-22-14)15(23)19-8-11-6-4-5-7-12(11)18/h4-7,10H,8-9H2,1-3H3,(H,19,23)(H,20,24)(H,21,22). The number of nitrogens with one attached hydrogen (secondary N) is 3. The van der Waals surface area contributed by atoms with Crippen molar-refractivity contribution in [2.75, 3.05) is 6.54 Å². The molecule has 0 fully saturated rings. The Balaban J connectivity index is 2.02. The van der Waals surface area contributed by atoms with E-state index in [0.717, 1.165) is 0 Å². The topological polar surface area (TPSA) is 86.9 Å². The second-order valence-corrected chi connectivity index (χ2v) is 6.64. The molecule has 0 aliphatic carbocycles. The summed E-state index contributed by atoms with van der Waals surface area (Å²) >= 11 is 0. The SMILES string of the molecule is CC(C)(C)CNC(=O)c1nc[nH]c1C(=O)NCc1ccccc1F. The quantitative estimate of drug-likeness (QED) is 0.785. The normalized spacial score (nSPS) is 11.2. The number of aromatic amines is 1. The van der Waals surface area contributed by atoms with Crippen LogP contribution in [0.1, 0.15) is 47.3 Å². The summed E-state index contributed by atoms with van der Waals surface area (Å²) in [6.45, 7) is 6.43. The second-order valence-electron chi connectivity index (χ2n) is 6.64. The molecule has 24 heavy (non-hydrogen) atoms. The van der Waals surface area contributed by atoms with Crippen molar-refractivity contribution in [2.45, 2.75) is 27.3 Å². The van der Waals surface area contributed by atoms with Gasteiger partial charge in [-0.25, -0.2) is 9.37 Å². The lowest BCUT2D eigenvalue weighted by Crippen LogP contribution is -2.34. The molecule has 3 N–H and O–H groups in total. The van der Waals surface area contributed by atoms with Crippen LogP contribution in [0, 0.1) is 11.2 Å². The summed E-state index contributed by atoms with van der Waals surface area (Å²) in [4.78, 5) is 31.0. The van der Waals surface area contributed by atoms with E-state index in [0.29, 0.717) is 12.1 Å². The molecular formula is C17H21FN4O2. The average Bonchev–Trinajstić information content (AvgIpc) is 3.00. The second kappa shape index (κ2) is 7.25. The molecule has 0 aliphatic rings. The van der Waals surface area contributed by atoms with Gasteiger partial charge in [-0.15, -0.1) is 0 Å². The summed E-state index contributed by atoms with van der Waals surface area (Å²) in [6.07, 6.45) is 1.28. The number of aromatic nitrogens is 2. The van der Waals surface area contributed by atoms with Gasteiger partial charge in [0.15, 0.2) is 5.69 Å². The third-order valence-electron chi connectivity index (χ3n) is 3.26. The molecule has 1 aromatic carbocycles. The fourth-order valence-corrected chi connectivity index (χ4v) is 1.97. The fourth-order valence-electron chi connectivity index (χ4n) is 1.97. The van der Waals surface area contributed by atoms with Crippen LogP contribution in [-0.2, 0) is 6.54 Å². The Bertz CT molecular complexity index is 734. The van der Waals surface area contributed by atoms with Crippen LogP contribution in [0.2, 0.25) is 0 Å². The molecule has 0 radical (unpaired) electrons. The minimum atomic E-state index is -0.517. The summed E-state index contributed by atoms with van der Waals surface area (Å²) in [6, 6.07) is 6.17. The summed E-state index contributed by atoms with van der Waals surface area (Å²) in [5.41, 5.74) is 0.353. The molecule has 128 valence electrons. The number of H-pyrrole nitrogens is 1.